The summed E-state index contributed by atoms with van der Waals surface area (Å²) in [7, 11) is 0. The number of benzene rings is 1. The first kappa shape index (κ1) is 13.9. The molecule has 0 aliphatic rings. The van der Waals surface area contributed by atoms with Crippen molar-refractivity contribution in [1.29, 1.82) is 0 Å². The molecule has 0 aliphatic heterocycles. The minimum atomic E-state index is 0.276. The molecule has 0 amide bonds. The quantitative estimate of drug-likeness (QED) is 0.828. The maximum atomic E-state index is 9.14. The zero-order valence-electron chi connectivity index (χ0n) is 11.4. The van der Waals surface area contributed by atoms with Crippen LogP contribution in [0.5, 0.6) is 11.5 Å². The lowest BCUT2D eigenvalue weighted by Gasteiger charge is -2.23. The SMILES string of the molecule is CC(CCOc1ccc(O)cc1)CC(C)(C)C. The highest BCUT2D eigenvalue weighted by Crippen LogP contribution is 2.26. The Kier molecular flexibility index (Phi) is 4.86. The van der Waals surface area contributed by atoms with Crippen LogP contribution in [0.15, 0.2) is 24.3 Å². The first-order chi connectivity index (χ1) is 7.87. The zero-order chi connectivity index (χ0) is 12.9. The molecule has 96 valence electrons. The maximum absolute atomic E-state index is 9.14. The summed E-state index contributed by atoms with van der Waals surface area (Å²) >= 11 is 0. The van der Waals surface area contributed by atoms with Crippen molar-refractivity contribution in [3.63, 3.8) is 0 Å². The molecule has 17 heavy (non-hydrogen) atoms. The Balaban J connectivity index is 2.26. The molecule has 2 heteroatoms. The van der Waals surface area contributed by atoms with E-state index in [0.29, 0.717) is 11.3 Å². The molecular weight excluding hydrogens is 212 g/mol. The van der Waals surface area contributed by atoms with Crippen LogP contribution in [0.3, 0.4) is 0 Å². The Morgan fingerprint density at radius 1 is 1.18 bits per heavy atom. The van der Waals surface area contributed by atoms with Crippen LogP contribution < -0.4 is 4.74 Å². The lowest BCUT2D eigenvalue weighted by atomic mass is 9.84. The van der Waals surface area contributed by atoms with Crippen LogP contribution in [0, 0.1) is 11.3 Å². The van der Waals surface area contributed by atoms with Crippen molar-refractivity contribution in [3.8, 4) is 11.5 Å². The highest BCUT2D eigenvalue weighted by Gasteiger charge is 2.14. The molecule has 0 bridgehead atoms. The van der Waals surface area contributed by atoms with Crippen LogP contribution in [0.1, 0.15) is 40.5 Å². The van der Waals surface area contributed by atoms with Gasteiger partial charge in [0.2, 0.25) is 0 Å². The fourth-order valence-corrected chi connectivity index (χ4v) is 2.07. The van der Waals surface area contributed by atoms with Gasteiger partial charge in [0.1, 0.15) is 11.5 Å². The minimum Gasteiger partial charge on any atom is -0.508 e. The molecule has 0 heterocycles. The highest BCUT2D eigenvalue weighted by atomic mass is 16.5. The van der Waals surface area contributed by atoms with Gasteiger partial charge in [-0.2, -0.15) is 0 Å². The zero-order valence-corrected chi connectivity index (χ0v) is 11.4. The maximum Gasteiger partial charge on any atom is 0.119 e. The summed E-state index contributed by atoms with van der Waals surface area (Å²) in [6.07, 6.45) is 2.28. The van der Waals surface area contributed by atoms with E-state index < -0.39 is 0 Å². The molecule has 1 unspecified atom stereocenters. The number of phenolic OH excluding ortho intramolecular Hbond substituents is 1. The van der Waals surface area contributed by atoms with Gasteiger partial charge in [0.15, 0.2) is 0 Å². The van der Waals surface area contributed by atoms with Gasteiger partial charge in [0.25, 0.3) is 0 Å². The second-order valence-electron chi connectivity index (χ2n) is 6.00. The second kappa shape index (κ2) is 5.95. The van der Waals surface area contributed by atoms with E-state index in [9.17, 15) is 0 Å². The van der Waals surface area contributed by atoms with Gasteiger partial charge in [-0.3, -0.25) is 0 Å². The van der Waals surface area contributed by atoms with E-state index >= 15 is 0 Å². The van der Waals surface area contributed by atoms with E-state index in [1.165, 1.54) is 6.42 Å². The third-order valence-corrected chi connectivity index (χ3v) is 2.68. The lowest BCUT2D eigenvalue weighted by molar-refractivity contribution is 0.240. The summed E-state index contributed by atoms with van der Waals surface area (Å²) in [5.74, 6) is 1.77. The Morgan fingerprint density at radius 3 is 2.29 bits per heavy atom. The van der Waals surface area contributed by atoms with Gasteiger partial charge in [-0.15, -0.1) is 0 Å². The molecule has 0 spiro atoms. The van der Waals surface area contributed by atoms with E-state index in [1.807, 2.05) is 0 Å². The summed E-state index contributed by atoms with van der Waals surface area (Å²) < 4.78 is 5.64. The van der Waals surface area contributed by atoms with Crippen molar-refractivity contribution in [3.05, 3.63) is 24.3 Å². The van der Waals surface area contributed by atoms with Gasteiger partial charge in [-0.1, -0.05) is 27.7 Å². The fourth-order valence-electron chi connectivity index (χ4n) is 2.07. The van der Waals surface area contributed by atoms with E-state index in [1.54, 1.807) is 24.3 Å². The summed E-state index contributed by atoms with van der Waals surface area (Å²) in [4.78, 5) is 0. The molecule has 1 aromatic rings. The monoisotopic (exact) mass is 236 g/mol. The van der Waals surface area contributed by atoms with Crippen molar-refractivity contribution in [2.24, 2.45) is 11.3 Å². The second-order valence-corrected chi connectivity index (χ2v) is 6.00. The molecule has 0 saturated heterocycles. The van der Waals surface area contributed by atoms with Crippen LogP contribution >= 0.6 is 0 Å². The van der Waals surface area contributed by atoms with Gasteiger partial charge in [0, 0.05) is 0 Å². The van der Waals surface area contributed by atoms with E-state index in [-0.39, 0.29) is 5.75 Å². The normalized spacial score (nSPS) is 13.4. The standard InChI is InChI=1S/C15H24O2/c1-12(11-15(2,3)4)9-10-17-14-7-5-13(16)6-8-14/h5-8,12,16H,9-11H2,1-4H3. The number of rotatable bonds is 5. The van der Waals surface area contributed by atoms with Crippen LogP contribution in [0.25, 0.3) is 0 Å². The molecule has 0 aliphatic carbocycles. The number of aromatic hydroxyl groups is 1. The van der Waals surface area contributed by atoms with Crippen molar-refractivity contribution in [1.82, 2.24) is 0 Å². The number of hydrogen-bond donors (Lipinski definition) is 1. The summed E-state index contributed by atoms with van der Waals surface area (Å²) in [6, 6.07) is 6.88. The summed E-state index contributed by atoms with van der Waals surface area (Å²) in [5, 5.41) is 9.14. The molecule has 0 fully saturated rings. The fraction of sp³-hybridized carbons (Fsp3) is 0.600. The van der Waals surface area contributed by atoms with Gasteiger partial charge >= 0.3 is 0 Å². The molecule has 1 N–H and O–H groups in total. The molecule has 2 nitrogen and oxygen atoms in total. The smallest absolute Gasteiger partial charge is 0.119 e. The van der Waals surface area contributed by atoms with Gasteiger partial charge in [-0.25, -0.2) is 0 Å². The molecule has 1 rings (SSSR count). The van der Waals surface area contributed by atoms with Crippen molar-refractivity contribution >= 4 is 0 Å². The molecule has 0 radical (unpaired) electrons. The highest BCUT2D eigenvalue weighted by molar-refractivity contribution is 5.29. The molecular formula is C15H24O2. The number of hydrogen-bond acceptors (Lipinski definition) is 2. The predicted octanol–water partition coefficient (Wildman–Crippen LogP) is 4.23. The van der Waals surface area contributed by atoms with Gasteiger partial charge < -0.3 is 9.84 Å². The van der Waals surface area contributed by atoms with Crippen LogP contribution in [0.2, 0.25) is 0 Å². The van der Waals surface area contributed by atoms with Gasteiger partial charge in [-0.05, 0) is 48.4 Å². The van der Waals surface area contributed by atoms with E-state index in [4.69, 9.17) is 9.84 Å². The Hall–Kier alpha value is -1.18. The van der Waals surface area contributed by atoms with Crippen molar-refractivity contribution < 1.29 is 9.84 Å². The molecule has 1 aromatic carbocycles. The molecule has 1 atom stereocenters. The molecule has 0 aromatic heterocycles. The van der Waals surface area contributed by atoms with Crippen LogP contribution in [-0.4, -0.2) is 11.7 Å². The molecule has 0 saturated carbocycles. The third kappa shape index (κ3) is 6.20. The Morgan fingerprint density at radius 2 is 1.76 bits per heavy atom. The lowest BCUT2D eigenvalue weighted by Crippen LogP contribution is -2.13. The average Bonchev–Trinajstić information content (AvgIpc) is 2.18. The third-order valence-electron chi connectivity index (χ3n) is 2.68. The Bertz CT molecular complexity index is 322. The average molecular weight is 236 g/mol. The van der Waals surface area contributed by atoms with Crippen LogP contribution in [0.4, 0.5) is 0 Å². The van der Waals surface area contributed by atoms with E-state index in [2.05, 4.69) is 27.7 Å². The number of phenols is 1. The summed E-state index contributed by atoms with van der Waals surface area (Å²) in [6.45, 7) is 9.81. The van der Waals surface area contributed by atoms with Crippen LogP contribution in [-0.2, 0) is 0 Å². The largest absolute Gasteiger partial charge is 0.508 e. The first-order valence-electron chi connectivity index (χ1n) is 6.29. The van der Waals surface area contributed by atoms with Crippen molar-refractivity contribution in [2.75, 3.05) is 6.61 Å². The predicted molar refractivity (Wildman–Crippen MR) is 71.5 cm³/mol. The van der Waals surface area contributed by atoms with E-state index in [0.717, 1.165) is 18.8 Å². The minimum absolute atomic E-state index is 0.276. The summed E-state index contributed by atoms with van der Waals surface area (Å²) in [5.41, 5.74) is 0.387. The van der Waals surface area contributed by atoms with Gasteiger partial charge in [0.05, 0.1) is 6.61 Å². The van der Waals surface area contributed by atoms with Crippen molar-refractivity contribution in [2.45, 2.75) is 40.5 Å². The first-order valence-corrected chi connectivity index (χ1v) is 6.29. The number of ether oxygens (including phenoxy) is 1. The Labute approximate surface area is 105 Å². The topological polar surface area (TPSA) is 29.5 Å².